The van der Waals surface area contributed by atoms with E-state index in [9.17, 15) is 10.1 Å². The molecule has 2 aromatic heterocycles. The van der Waals surface area contributed by atoms with Gasteiger partial charge in [-0.15, -0.1) is 0 Å². The third-order valence-electron chi connectivity index (χ3n) is 2.47. The average molecular weight is 273 g/mol. The lowest BCUT2D eigenvalue weighted by Gasteiger charge is -1.88. The molecule has 19 heavy (non-hydrogen) atoms. The highest BCUT2D eigenvalue weighted by atomic mass is 32.1. The molecular formula is C12H7N3O3S. The molecule has 0 radical (unpaired) electrons. The zero-order valence-electron chi connectivity index (χ0n) is 9.52. The Morgan fingerprint density at radius 3 is 2.95 bits per heavy atom. The molecule has 3 rings (SSSR count). The highest BCUT2D eigenvalue weighted by Gasteiger charge is 2.10. The Morgan fingerprint density at radius 1 is 1.32 bits per heavy atom. The SMILES string of the molecule is O=[N+]([O-])c1ccc(/C=N/c2snc3ccccc23)o1. The maximum absolute atomic E-state index is 10.5. The molecule has 0 fully saturated rings. The van der Waals surface area contributed by atoms with Crippen LogP contribution in [0.15, 0.2) is 45.8 Å². The molecule has 2 heterocycles. The van der Waals surface area contributed by atoms with Crippen LogP contribution in [-0.2, 0) is 0 Å². The average Bonchev–Trinajstić information content (AvgIpc) is 3.03. The minimum Gasteiger partial charge on any atom is -0.400 e. The summed E-state index contributed by atoms with van der Waals surface area (Å²) in [5, 5.41) is 12.2. The first-order chi connectivity index (χ1) is 9.24. The molecule has 0 aliphatic rings. The quantitative estimate of drug-likeness (QED) is 0.415. The van der Waals surface area contributed by atoms with E-state index in [1.165, 1.54) is 29.9 Å². The minimum atomic E-state index is -0.584. The van der Waals surface area contributed by atoms with E-state index < -0.39 is 4.92 Å². The van der Waals surface area contributed by atoms with Crippen LogP contribution in [0.25, 0.3) is 10.9 Å². The number of aliphatic imine (C=N–C) groups is 1. The van der Waals surface area contributed by atoms with Crippen molar-refractivity contribution in [3.05, 3.63) is 52.3 Å². The van der Waals surface area contributed by atoms with E-state index in [1.54, 1.807) is 0 Å². The van der Waals surface area contributed by atoms with Crippen LogP contribution in [0.2, 0.25) is 0 Å². The highest BCUT2D eigenvalue weighted by molar-refractivity contribution is 7.11. The van der Waals surface area contributed by atoms with Crippen LogP contribution >= 0.6 is 11.5 Å². The van der Waals surface area contributed by atoms with E-state index in [0.29, 0.717) is 5.76 Å². The molecule has 0 amide bonds. The first kappa shape index (κ1) is 11.5. The summed E-state index contributed by atoms with van der Waals surface area (Å²) in [4.78, 5) is 14.1. The van der Waals surface area contributed by atoms with Crippen molar-refractivity contribution in [3.8, 4) is 0 Å². The third kappa shape index (κ3) is 2.23. The largest absolute Gasteiger partial charge is 0.433 e. The van der Waals surface area contributed by atoms with Gasteiger partial charge in [0.25, 0.3) is 0 Å². The maximum atomic E-state index is 10.5. The summed E-state index contributed by atoms with van der Waals surface area (Å²) in [5.41, 5.74) is 0.880. The van der Waals surface area contributed by atoms with E-state index in [1.807, 2.05) is 24.3 Å². The van der Waals surface area contributed by atoms with Crippen molar-refractivity contribution in [2.75, 3.05) is 0 Å². The van der Waals surface area contributed by atoms with Gasteiger partial charge in [0.05, 0.1) is 17.8 Å². The van der Waals surface area contributed by atoms with E-state index in [0.717, 1.165) is 15.9 Å². The Bertz CT molecular complexity index is 775. The number of furan rings is 1. The van der Waals surface area contributed by atoms with Gasteiger partial charge in [0.2, 0.25) is 0 Å². The van der Waals surface area contributed by atoms with Crippen LogP contribution < -0.4 is 0 Å². The van der Waals surface area contributed by atoms with E-state index in [4.69, 9.17) is 4.42 Å². The van der Waals surface area contributed by atoms with E-state index in [-0.39, 0.29) is 5.88 Å². The molecule has 0 N–H and O–H groups in total. The summed E-state index contributed by atoms with van der Waals surface area (Å²) in [6.07, 6.45) is 1.45. The maximum Gasteiger partial charge on any atom is 0.433 e. The summed E-state index contributed by atoms with van der Waals surface area (Å²) >= 11 is 1.27. The molecular weight excluding hydrogens is 266 g/mol. The van der Waals surface area contributed by atoms with Gasteiger partial charge < -0.3 is 4.42 Å². The molecule has 94 valence electrons. The predicted octanol–water partition coefficient (Wildman–Crippen LogP) is 3.55. The van der Waals surface area contributed by atoms with Gasteiger partial charge in [-0.3, -0.25) is 10.1 Å². The standard InChI is InChI=1S/C12H7N3O3S/c16-15(17)11-6-5-8(18-11)7-13-12-9-3-1-2-4-10(9)14-19-12/h1-7H/b13-7+. The molecule has 6 nitrogen and oxygen atoms in total. The summed E-state index contributed by atoms with van der Waals surface area (Å²) in [5.74, 6) is 0.0415. The number of hydrogen-bond donors (Lipinski definition) is 0. The van der Waals surface area contributed by atoms with Crippen molar-refractivity contribution in [2.45, 2.75) is 0 Å². The number of aromatic nitrogens is 1. The molecule has 0 aliphatic heterocycles. The molecule has 0 aliphatic carbocycles. The fraction of sp³-hybridized carbons (Fsp3) is 0. The van der Waals surface area contributed by atoms with Crippen LogP contribution in [0.5, 0.6) is 0 Å². The summed E-state index contributed by atoms with van der Waals surface area (Å²) in [6, 6.07) is 10.5. The number of benzene rings is 1. The van der Waals surface area contributed by atoms with Gasteiger partial charge in [0, 0.05) is 5.39 Å². The molecule has 0 spiro atoms. The molecule has 0 bridgehead atoms. The molecule has 1 aromatic carbocycles. The second-order valence-corrected chi connectivity index (χ2v) is 4.45. The highest BCUT2D eigenvalue weighted by Crippen LogP contribution is 2.30. The minimum absolute atomic E-state index is 0.296. The Kier molecular flexibility index (Phi) is 2.81. The van der Waals surface area contributed by atoms with Crippen LogP contribution in [0.4, 0.5) is 10.9 Å². The zero-order chi connectivity index (χ0) is 13.2. The van der Waals surface area contributed by atoms with Crippen molar-refractivity contribution in [1.29, 1.82) is 0 Å². The lowest BCUT2D eigenvalue weighted by Crippen LogP contribution is -1.83. The van der Waals surface area contributed by atoms with Crippen LogP contribution in [0.3, 0.4) is 0 Å². The lowest BCUT2D eigenvalue weighted by molar-refractivity contribution is -0.402. The number of rotatable bonds is 3. The fourth-order valence-corrected chi connectivity index (χ4v) is 2.32. The van der Waals surface area contributed by atoms with Gasteiger partial charge in [-0.2, -0.15) is 4.37 Å². The molecule has 0 saturated carbocycles. The van der Waals surface area contributed by atoms with Gasteiger partial charge in [0.1, 0.15) is 9.92 Å². The van der Waals surface area contributed by atoms with E-state index >= 15 is 0 Å². The lowest BCUT2D eigenvalue weighted by atomic mass is 10.2. The molecule has 0 unspecified atom stereocenters. The van der Waals surface area contributed by atoms with Crippen molar-refractivity contribution in [3.63, 3.8) is 0 Å². The number of hydrogen-bond acceptors (Lipinski definition) is 6. The first-order valence-corrected chi connectivity index (χ1v) is 6.14. The third-order valence-corrected chi connectivity index (χ3v) is 3.25. The summed E-state index contributed by atoms with van der Waals surface area (Å²) < 4.78 is 9.24. The van der Waals surface area contributed by atoms with Gasteiger partial charge >= 0.3 is 5.88 Å². The number of nitro groups is 1. The second kappa shape index (κ2) is 4.62. The zero-order valence-corrected chi connectivity index (χ0v) is 10.3. The van der Waals surface area contributed by atoms with Crippen LogP contribution in [-0.4, -0.2) is 15.5 Å². The van der Waals surface area contributed by atoms with Crippen molar-refractivity contribution in [1.82, 2.24) is 4.37 Å². The van der Waals surface area contributed by atoms with Gasteiger partial charge in [-0.05, 0) is 29.7 Å². The Hall–Kier alpha value is -2.54. The molecule has 7 heteroatoms. The number of fused-ring (bicyclic) bond motifs is 1. The van der Waals surface area contributed by atoms with Gasteiger partial charge in [0.15, 0.2) is 5.76 Å². The normalized spacial score (nSPS) is 11.4. The topological polar surface area (TPSA) is 81.5 Å². The molecule has 0 atom stereocenters. The Balaban J connectivity index is 1.91. The van der Waals surface area contributed by atoms with Crippen molar-refractivity contribution < 1.29 is 9.34 Å². The second-order valence-electron chi connectivity index (χ2n) is 3.70. The van der Waals surface area contributed by atoms with Crippen molar-refractivity contribution in [2.24, 2.45) is 4.99 Å². The van der Waals surface area contributed by atoms with E-state index in [2.05, 4.69) is 9.37 Å². The Morgan fingerprint density at radius 2 is 2.16 bits per heavy atom. The molecule has 0 saturated heterocycles. The van der Waals surface area contributed by atoms with Crippen molar-refractivity contribution >= 4 is 39.5 Å². The van der Waals surface area contributed by atoms with Gasteiger partial charge in [-0.1, -0.05) is 12.1 Å². The van der Waals surface area contributed by atoms with Crippen LogP contribution in [0, 0.1) is 10.1 Å². The van der Waals surface area contributed by atoms with Crippen LogP contribution in [0.1, 0.15) is 5.76 Å². The summed E-state index contributed by atoms with van der Waals surface area (Å²) in [6.45, 7) is 0. The summed E-state index contributed by atoms with van der Waals surface area (Å²) in [7, 11) is 0. The fourth-order valence-electron chi connectivity index (χ4n) is 1.60. The smallest absolute Gasteiger partial charge is 0.400 e. The van der Waals surface area contributed by atoms with Gasteiger partial charge in [-0.25, -0.2) is 4.99 Å². The first-order valence-electron chi connectivity index (χ1n) is 5.37. The predicted molar refractivity (Wildman–Crippen MR) is 72.2 cm³/mol. The molecule has 3 aromatic rings. The Labute approximate surface area is 111 Å². The number of nitrogens with zero attached hydrogens (tertiary/aromatic N) is 3. The monoisotopic (exact) mass is 273 g/mol.